The SMILES string of the molecule is O=C(Cc1ccc2c(c1)CCC2)N1CCN(C(=O)c2cccc(F)c2)CC1. The molecule has 1 aliphatic heterocycles. The molecule has 4 nitrogen and oxygen atoms in total. The second-order valence-corrected chi connectivity index (χ2v) is 7.32. The number of rotatable bonds is 3. The van der Waals surface area contributed by atoms with Crippen molar-refractivity contribution in [3.63, 3.8) is 0 Å². The van der Waals surface area contributed by atoms with Crippen LogP contribution in [-0.4, -0.2) is 47.8 Å². The maximum atomic E-state index is 13.3. The monoisotopic (exact) mass is 366 g/mol. The van der Waals surface area contributed by atoms with Gasteiger partial charge in [-0.3, -0.25) is 9.59 Å². The van der Waals surface area contributed by atoms with Crippen molar-refractivity contribution in [1.82, 2.24) is 9.80 Å². The molecular formula is C22H23FN2O2. The summed E-state index contributed by atoms with van der Waals surface area (Å²) in [6.07, 6.45) is 3.86. The van der Waals surface area contributed by atoms with Crippen LogP contribution in [0.25, 0.3) is 0 Å². The van der Waals surface area contributed by atoms with Crippen molar-refractivity contribution in [2.24, 2.45) is 0 Å². The first kappa shape index (κ1) is 17.7. The highest BCUT2D eigenvalue weighted by molar-refractivity contribution is 5.94. The first-order chi connectivity index (χ1) is 13.1. The van der Waals surface area contributed by atoms with Gasteiger partial charge in [-0.15, -0.1) is 0 Å². The molecule has 0 bridgehead atoms. The van der Waals surface area contributed by atoms with E-state index >= 15 is 0 Å². The molecule has 0 aromatic heterocycles. The number of aryl methyl sites for hydroxylation is 2. The normalized spacial score (nSPS) is 16.3. The van der Waals surface area contributed by atoms with Crippen molar-refractivity contribution in [3.8, 4) is 0 Å². The second-order valence-electron chi connectivity index (χ2n) is 7.32. The van der Waals surface area contributed by atoms with Crippen LogP contribution in [0.1, 0.15) is 33.5 Å². The summed E-state index contributed by atoms with van der Waals surface area (Å²) in [6.45, 7) is 1.99. The predicted octanol–water partition coefficient (Wildman–Crippen LogP) is 2.84. The Labute approximate surface area is 158 Å². The van der Waals surface area contributed by atoms with E-state index in [-0.39, 0.29) is 11.8 Å². The highest BCUT2D eigenvalue weighted by Crippen LogP contribution is 2.23. The van der Waals surface area contributed by atoms with E-state index in [1.54, 1.807) is 17.0 Å². The lowest BCUT2D eigenvalue weighted by Crippen LogP contribution is -2.51. The zero-order valence-electron chi connectivity index (χ0n) is 15.3. The molecule has 4 rings (SSSR count). The highest BCUT2D eigenvalue weighted by atomic mass is 19.1. The van der Waals surface area contributed by atoms with Gasteiger partial charge >= 0.3 is 0 Å². The molecule has 2 amide bonds. The third-order valence-electron chi connectivity index (χ3n) is 5.51. The number of amides is 2. The van der Waals surface area contributed by atoms with Crippen LogP contribution in [0.4, 0.5) is 4.39 Å². The van der Waals surface area contributed by atoms with Gasteiger partial charge in [-0.1, -0.05) is 24.3 Å². The van der Waals surface area contributed by atoms with E-state index < -0.39 is 5.82 Å². The van der Waals surface area contributed by atoms with Crippen LogP contribution in [0.3, 0.4) is 0 Å². The van der Waals surface area contributed by atoms with Gasteiger partial charge in [-0.2, -0.15) is 0 Å². The molecule has 1 heterocycles. The number of carbonyl (C=O) groups excluding carboxylic acids is 2. The Morgan fingerprint density at radius 1 is 0.889 bits per heavy atom. The van der Waals surface area contributed by atoms with Gasteiger partial charge in [0, 0.05) is 31.7 Å². The van der Waals surface area contributed by atoms with Crippen LogP contribution in [-0.2, 0) is 24.1 Å². The van der Waals surface area contributed by atoms with Crippen LogP contribution < -0.4 is 0 Å². The van der Waals surface area contributed by atoms with Gasteiger partial charge in [-0.05, 0) is 54.2 Å². The van der Waals surface area contributed by atoms with E-state index in [0.717, 1.165) is 18.4 Å². The lowest BCUT2D eigenvalue weighted by Gasteiger charge is -2.35. The fourth-order valence-corrected chi connectivity index (χ4v) is 3.98. The number of fused-ring (bicyclic) bond motifs is 1. The molecule has 140 valence electrons. The van der Waals surface area contributed by atoms with Crippen molar-refractivity contribution >= 4 is 11.8 Å². The summed E-state index contributed by atoms with van der Waals surface area (Å²) >= 11 is 0. The van der Waals surface area contributed by atoms with Crippen molar-refractivity contribution in [2.45, 2.75) is 25.7 Å². The first-order valence-corrected chi connectivity index (χ1v) is 9.53. The molecule has 0 spiro atoms. The molecule has 1 fully saturated rings. The summed E-state index contributed by atoms with van der Waals surface area (Å²) in [5.41, 5.74) is 4.22. The van der Waals surface area contributed by atoms with E-state index in [0.29, 0.717) is 38.2 Å². The number of piperazine rings is 1. The zero-order chi connectivity index (χ0) is 18.8. The maximum absolute atomic E-state index is 13.3. The smallest absolute Gasteiger partial charge is 0.254 e. The summed E-state index contributed by atoms with van der Waals surface area (Å²) < 4.78 is 13.3. The third kappa shape index (κ3) is 3.87. The Hall–Kier alpha value is -2.69. The number of hydrogen-bond acceptors (Lipinski definition) is 2. The molecule has 0 N–H and O–H groups in total. The summed E-state index contributed by atoms with van der Waals surface area (Å²) in [4.78, 5) is 28.6. The predicted molar refractivity (Wildman–Crippen MR) is 101 cm³/mol. The average molecular weight is 366 g/mol. The Morgan fingerprint density at radius 2 is 1.63 bits per heavy atom. The van der Waals surface area contributed by atoms with Crippen molar-refractivity contribution < 1.29 is 14.0 Å². The molecule has 0 radical (unpaired) electrons. The summed E-state index contributed by atoms with van der Waals surface area (Å²) in [5, 5.41) is 0. The van der Waals surface area contributed by atoms with Gasteiger partial charge in [0.15, 0.2) is 0 Å². The lowest BCUT2D eigenvalue weighted by molar-refractivity contribution is -0.131. The van der Waals surface area contributed by atoms with Gasteiger partial charge in [0.1, 0.15) is 5.82 Å². The van der Waals surface area contributed by atoms with Gasteiger partial charge in [-0.25, -0.2) is 4.39 Å². The molecule has 5 heteroatoms. The molecule has 0 saturated carbocycles. The molecule has 27 heavy (non-hydrogen) atoms. The molecule has 1 saturated heterocycles. The van der Waals surface area contributed by atoms with Crippen LogP contribution >= 0.6 is 0 Å². The Morgan fingerprint density at radius 3 is 2.41 bits per heavy atom. The Kier molecular flexibility index (Phi) is 4.92. The number of nitrogens with zero attached hydrogens (tertiary/aromatic N) is 2. The number of halogens is 1. The number of hydrogen-bond donors (Lipinski definition) is 0. The molecule has 0 atom stereocenters. The summed E-state index contributed by atoms with van der Waals surface area (Å²) in [6, 6.07) is 12.1. The van der Waals surface area contributed by atoms with Gasteiger partial charge < -0.3 is 9.80 Å². The average Bonchev–Trinajstić information content (AvgIpc) is 3.15. The fourth-order valence-electron chi connectivity index (χ4n) is 3.98. The Balaban J connectivity index is 1.33. The van der Waals surface area contributed by atoms with Crippen molar-refractivity contribution in [3.05, 3.63) is 70.5 Å². The quantitative estimate of drug-likeness (QED) is 0.838. The maximum Gasteiger partial charge on any atom is 0.254 e. The summed E-state index contributed by atoms with van der Waals surface area (Å²) in [5.74, 6) is -0.491. The molecule has 2 aromatic rings. The van der Waals surface area contributed by atoms with Crippen LogP contribution in [0.15, 0.2) is 42.5 Å². The Bertz CT molecular complexity index is 872. The van der Waals surface area contributed by atoms with Gasteiger partial charge in [0.2, 0.25) is 5.91 Å². The fraction of sp³-hybridized carbons (Fsp3) is 0.364. The van der Waals surface area contributed by atoms with Crippen molar-refractivity contribution in [1.29, 1.82) is 0 Å². The topological polar surface area (TPSA) is 40.6 Å². The zero-order valence-corrected chi connectivity index (χ0v) is 15.3. The number of benzene rings is 2. The van der Waals surface area contributed by atoms with E-state index in [1.165, 1.54) is 29.7 Å². The molecule has 0 unspecified atom stereocenters. The summed E-state index contributed by atoms with van der Waals surface area (Å²) in [7, 11) is 0. The van der Waals surface area contributed by atoms with Crippen molar-refractivity contribution in [2.75, 3.05) is 26.2 Å². The van der Waals surface area contributed by atoms with E-state index in [1.807, 2.05) is 4.90 Å². The van der Waals surface area contributed by atoms with Crippen LogP contribution in [0.2, 0.25) is 0 Å². The highest BCUT2D eigenvalue weighted by Gasteiger charge is 2.25. The standard InChI is InChI=1S/C22H23FN2O2/c23-20-6-2-5-19(15-20)22(27)25-11-9-24(10-12-25)21(26)14-16-7-8-17-3-1-4-18(17)13-16/h2,5-8,13,15H,1,3-4,9-12,14H2. The van der Waals surface area contributed by atoms with E-state index in [9.17, 15) is 14.0 Å². The molecular weight excluding hydrogens is 343 g/mol. The van der Waals surface area contributed by atoms with E-state index in [4.69, 9.17) is 0 Å². The minimum Gasteiger partial charge on any atom is -0.339 e. The molecule has 1 aliphatic carbocycles. The molecule has 2 aromatic carbocycles. The van der Waals surface area contributed by atoms with Gasteiger partial charge in [0.25, 0.3) is 5.91 Å². The number of carbonyl (C=O) groups is 2. The van der Waals surface area contributed by atoms with Gasteiger partial charge in [0.05, 0.1) is 6.42 Å². The minimum absolute atomic E-state index is 0.103. The first-order valence-electron chi connectivity index (χ1n) is 9.53. The van der Waals surface area contributed by atoms with Crippen LogP contribution in [0, 0.1) is 5.82 Å². The molecule has 2 aliphatic rings. The third-order valence-corrected chi connectivity index (χ3v) is 5.51. The minimum atomic E-state index is -0.413. The van der Waals surface area contributed by atoms with Crippen LogP contribution in [0.5, 0.6) is 0 Å². The largest absolute Gasteiger partial charge is 0.339 e. The van der Waals surface area contributed by atoms with E-state index in [2.05, 4.69) is 18.2 Å². The lowest BCUT2D eigenvalue weighted by atomic mass is 10.0. The second kappa shape index (κ2) is 7.51.